The van der Waals surface area contributed by atoms with Gasteiger partial charge in [0.1, 0.15) is 0 Å². The summed E-state index contributed by atoms with van der Waals surface area (Å²) in [4.78, 5) is 11.6. The molecule has 0 aromatic heterocycles. The van der Waals surface area contributed by atoms with E-state index >= 15 is 0 Å². The van der Waals surface area contributed by atoms with Gasteiger partial charge in [0.2, 0.25) is 0 Å². The molecule has 5 heteroatoms. The minimum Gasteiger partial charge on any atom is -0.467 e. The molecule has 1 heterocycles. The van der Waals surface area contributed by atoms with Gasteiger partial charge in [0.15, 0.2) is 14.4 Å². The third kappa shape index (κ3) is 3.05. The summed E-state index contributed by atoms with van der Waals surface area (Å²) in [7, 11) is -0.501. The van der Waals surface area contributed by atoms with E-state index in [9.17, 15) is 4.79 Å². The molecule has 4 nitrogen and oxygen atoms in total. The van der Waals surface area contributed by atoms with E-state index in [0.29, 0.717) is 0 Å². The molecule has 0 radical (unpaired) electrons. The van der Waals surface area contributed by atoms with Crippen LogP contribution >= 0.6 is 0 Å². The number of esters is 1. The molecule has 0 aromatic rings. The first-order valence-corrected chi connectivity index (χ1v) is 8.59. The van der Waals surface area contributed by atoms with E-state index in [1.54, 1.807) is 0 Å². The summed E-state index contributed by atoms with van der Waals surface area (Å²) in [5.41, 5.74) is 0. The molecular weight excluding hydrogens is 222 g/mol. The third-order valence-corrected chi connectivity index (χ3v) is 7.92. The van der Waals surface area contributed by atoms with Crippen LogP contribution in [0.4, 0.5) is 0 Å². The summed E-state index contributed by atoms with van der Waals surface area (Å²) in [6.45, 7) is 11.6. The van der Waals surface area contributed by atoms with Crippen molar-refractivity contribution >= 4 is 14.3 Å². The lowest BCUT2D eigenvalue weighted by atomic mass is 10.2. The van der Waals surface area contributed by atoms with Crippen molar-refractivity contribution < 1.29 is 14.0 Å². The Bertz CT molecular complexity index is 269. The maximum atomic E-state index is 11.6. The van der Waals surface area contributed by atoms with Crippen molar-refractivity contribution in [2.75, 3.05) is 13.7 Å². The number of nitrogens with one attached hydrogen (secondary N) is 1. The van der Waals surface area contributed by atoms with Crippen molar-refractivity contribution in [2.45, 2.75) is 51.0 Å². The van der Waals surface area contributed by atoms with Gasteiger partial charge in [-0.2, -0.15) is 0 Å². The van der Waals surface area contributed by atoms with Crippen LogP contribution in [-0.4, -0.2) is 40.1 Å². The van der Waals surface area contributed by atoms with Crippen LogP contribution in [0.3, 0.4) is 0 Å². The molecule has 1 rings (SSSR count). The second-order valence-electron chi connectivity index (χ2n) is 5.84. The van der Waals surface area contributed by atoms with Gasteiger partial charge >= 0.3 is 5.97 Å². The first kappa shape index (κ1) is 13.7. The van der Waals surface area contributed by atoms with Crippen LogP contribution in [0.1, 0.15) is 20.8 Å². The molecule has 0 bridgehead atoms. The van der Waals surface area contributed by atoms with Crippen molar-refractivity contribution in [3.05, 3.63) is 0 Å². The maximum Gasteiger partial charge on any atom is 0.335 e. The molecule has 94 valence electrons. The van der Waals surface area contributed by atoms with Crippen LogP contribution in [0.25, 0.3) is 0 Å². The summed E-state index contributed by atoms with van der Waals surface area (Å²) in [6.07, 6.45) is -0.439. The number of carbonyl (C=O) groups is 1. The van der Waals surface area contributed by atoms with E-state index in [4.69, 9.17) is 9.16 Å². The molecule has 1 aliphatic heterocycles. The lowest BCUT2D eigenvalue weighted by Crippen LogP contribution is -2.48. The number of rotatable bonds is 4. The van der Waals surface area contributed by atoms with Crippen molar-refractivity contribution in [1.29, 1.82) is 0 Å². The highest BCUT2D eigenvalue weighted by atomic mass is 28.4. The molecular formula is C11H23NO3Si. The first-order valence-electron chi connectivity index (χ1n) is 5.68. The zero-order chi connectivity index (χ0) is 12.6. The molecule has 1 unspecified atom stereocenters. The van der Waals surface area contributed by atoms with E-state index in [0.717, 1.165) is 6.54 Å². The Balaban J connectivity index is 2.71. The van der Waals surface area contributed by atoms with Crippen LogP contribution in [0.5, 0.6) is 0 Å². The lowest BCUT2D eigenvalue weighted by Gasteiger charge is -2.38. The average Bonchev–Trinajstić information content (AvgIpc) is 2.94. The molecule has 1 N–H and O–H groups in total. The fourth-order valence-electron chi connectivity index (χ4n) is 1.19. The van der Waals surface area contributed by atoms with Gasteiger partial charge in [-0.25, -0.2) is 4.79 Å². The lowest BCUT2D eigenvalue weighted by molar-refractivity contribution is -0.149. The van der Waals surface area contributed by atoms with Crippen LogP contribution in [-0.2, 0) is 14.0 Å². The van der Waals surface area contributed by atoms with Gasteiger partial charge in [-0.15, -0.1) is 0 Å². The van der Waals surface area contributed by atoms with E-state index < -0.39 is 14.4 Å². The van der Waals surface area contributed by atoms with Gasteiger partial charge in [0.25, 0.3) is 0 Å². The fourth-order valence-corrected chi connectivity index (χ4v) is 2.44. The minimum absolute atomic E-state index is 0.105. The number of hydrogen-bond acceptors (Lipinski definition) is 4. The largest absolute Gasteiger partial charge is 0.467 e. The van der Waals surface area contributed by atoms with Gasteiger partial charge in [-0.3, -0.25) is 0 Å². The average molecular weight is 245 g/mol. The third-order valence-electron chi connectivity index (χ3n) is 3.47. The van der Waals surface area contributed by atoms with Crippen molar-refractivity contribution in [3.63, 3.8) is 0 Å². The molecule has 1 fully saturated rings. The predicted molar refractivity (Wildman–Crippen MR) is 65.9 cm³/mol. The number of hydrogen-bond donors (Lipinski definition) is 1. The molecule has 16 heavy (non-hydrogen) atoms. The first-order chi connectivity index (χ1) is 7.19. The van der Waals surface area contributed by atoms with E-state index in [1.165, 1.54) is 7.11 Å². The molecule has 0 aliphatic carbocycles. The molecule has 0 spiro atoms. The Morgan fingerprint density at radius 1 is 1.44 bits per heavy atom. The summed E-state index contributed by atoms with van der Waals surface area (Å²) >= 11 is 0. The van der Waals surface area contributed by atoms with E-state index in [-0.39, 0.29) is 17.0 Å². The molecule has 2 atom stereocenters. The van der Waals surface area contributed by atoms with Crippen LogP contribution in [0.2, 0.25) is 18.1 Å². The Hall–Kier alpha value is -0.393. The van der Waals surface area contributed by atoms with Crippen LogP contribution in [0.15, 0.2) is 0 Å². The maximum absolute atomic E-state index is 11.6. The molecule has 0 amide bonds. The summed E-state index contributed by atoms with van der Waals surface area (Å²) in [6, 6.07) is 0.140. The summed E-state index contributed by atoms with van der Waals surface area (Å²) in [5.74, 6) is -0.264. The van der Waals surface area contributed by atoms with Crippen molar-refractivity contribution in [3.8, 4) is 0 Å². The molecule has 1 saturated heterocycles. The quantitative estimate of drug-likeness (QED) is 0.463. The Morgan fingerprint density at radius 3 is 2.25 bits per heavy atom. The highest BCUT2D eigenvalue weighted by Gasteiger charge is 2.46. The van der Waals surface area contributed by atoms with E-state index in [1.807, 2.05) is 0 Å². The zero-order valence-electron chi connectivity index (χ0n) is 11.1. The Morgan fingerprint density at radius 2 is 1.94 bits per heavy atom. The van der Waals surface area contributed by atoms with Crippen LogP contribution < -0.4 is 5.32 Å². The van der Waals surface area contributed by atoms with Gasteiger partial charge < -0.3 is 14.5 Å². The minimum atomic E-state index is -1.91. The van der Waals surface area contributed by atoms with Gasteiger partial charge in [0.05, 0.1) is 13.2 Å². The number of methoxy groups -OCH3 is 1. The van der Waals surface area contributed by atoms with Gasteiger partial charge in [-0.1, -0.05) is 20.8 Å². The summed E-state index contributed by atoms with van der Waals surface area (Å²) < 4.78 is 10.9. The van der Waals surface area contributed by atoms with Crippen molar-refractivity contribution in [1.82, 2.24) is 5.32 Å². The highest BCUT2D eigenvalue weighted by Crippen LogP contribution is 2.38. The number of carbonyl (C=O) groups excluding carboxylic acids is 1. The van der Waals surface area contributed by atoms with E-state index in [2.05, 4.69) is 39.2 Å². The fraction of sp³-hybridized carbons (Fsp3) is 0.909. The highest BCUT2D eigenvalue weighted by molar-refractivity contribution is 6.74. The smallest absolute Gasteiger partial charge is 0.335 e. The topological polar surface area (TPSA) is 57.5 Å². The zero-order valence-corrected chi connectivity index (χ0v) is 12.1. The molecule has 0 saturated carbocycles. The molecule has 0 aromatic carbocycles. The second kappa shape index (κ2) is 4.47. The Labute approximate surface area is 98.8 Å². The standard InChI is InChI=1S/C11H23NO3Si/c1-11(2,3)16(5,6)15-9(8-7-12-8)10(13)14-4/h8-9,12H,7H2,1-6H3/t8?,9-/m1/s1. The summed E-state index contributed by atoms with van der Waals surface area (Å²) in [5, 5.41) is 3.23. The van der Waals surface area contributed by atoms with Gasteiger partial charge in [-0.05, 0) is 18.1 Å². The Kier molecular flexibility index (Phi) is 3.82. The van der Waals surface area contributed by atoms with Crippen LogP contribution in [0, 0.1) is 0 Å². The second-order valence-corrected chi connectivity index (χ2v) is 10.6. The SMILES string of the molecule is COC(=O)[C@H](O[Si](C)(C)C(C)(C)C)C1CN1. The number of ether oxygens (including phenoxy) is 1. The monoisotopic (exact) mass is 245 g/mol. The molecule has 1 aliphatic rings. The normalized spacial score (nSPS) is 22.8. The predicted octanol–water partition coefficient (Wildman–Crippen LogP) is 1.52. The van der Waals surface area contributed by atoms with Crippen molar-refractivity contribution in [2.24, 2.45) is 0 Å². The van der Waals surface area contributed by atoms with Gasteiger partial charge in [0, 0.05) is 6.54 Å².